The van der Waals surface area contributed by atoms with Gasteiger partial charge in [-0.3, -0.25) is 4.79 Å². The third kappa shape index (κ3) is 5.31. The molecule has 1 aliphatic heterocycles. The maximum Gasteiger partial charge on any atom is 0.224 e. The van der Waals surface area contributed by atoms with Crippen LogP contribution in [0.15, 0.2) is 30.3 Å². The number of hydrogen-bond donors (Lipinski definition) is 1. The van der Waals surface area contributed by atoms with Gasteiger partial charge in [-0.25, -0.2) is 12.7 Å². The molecule has 1 aromatic carbocycles. The second-order valence-corrected chi connectivity index (χ2v) is 8.61. The van der Waals surface area contributed by atoms with Crippen molar-refractivity contribution in [3.05, 3.63) is 35.9 Å². The molecule has 0 aliphatic carbocycles. The molecule has 0 radical (unpaired) electrons. The van der Waals surface area contributed by atoms with Crippen molar-refractivity contribution >= 4 is 15.9 Å². The fourth-order valence-electron chi connectivity index (χ4n) is 3.15. The number of piperidine rings is 1. The van der Waals surface area contributed by atoms with Gasteiger partial charge in [0.15, 0.2) is 0 Å². The number of benzene rings is 1. The molecule has 1 amide bonds. The highest BCUT2D eigenvalue weighted by Crippen LogP contribution is 2.22. The Bertz CT molecular complexity index is 631. The molecule has 0 aromatic heterocycles. The molecule has 1 fully saturated rings. The first-order valence-corrected chi connectivity index (χ1v) is 10.4. The van der Waals surface area contributed by atoms with Crippen LogP contribution in [0.1, 0.15) is 45.1 Å². The van der Waals surface area contributed by atoms with Gasteiger partial charge in [0.2, 0.25) is 15.9 Å². The number of hydrogen-bond acceptors (Lipinski definition) is 3. The quantitative estimate of drug-likeness (QED) is 0.820. The highest BCUT2D eigenvalue weighted by atomic mass is 32.2. The molecule has 1 heterocycles. The molecule has 1 saturated heterocycles. The number of sulfonamides is 1. The minimum absolute atomic E-state index is 0.00554. The third-order valence-corrected chi connectivity index (χ3v) is 6.27. The van der Waals surface area contributed by atoms with Crippen molar-refractivity contribution in [2.45, 2.75) is 51.3 Å². The first-order chi connectivity index (χ1) is 11.4. The van der Waals surface area contributed by atoms with E-state index in [-0.39, 0.29) is 23.6 Å². The van der Waals surface area contributed by atoms with Gasteiger partial charge in [0, 0.05) is 19.1 Å². The second kappa shape index (κ2) is 8.62. The summed E-state index contributed by atoms with van der Waals surface area (Å²) in [6.45, 7) is 4.87. The zero-order valence-electron chi connectivity index (χ0n) is 14.6. The van der Waals surface area contributed by atoms with E-state index in [2.05, 4.69) is 12.2 Å². The minimum atomic E-state index is -3.39. The number of rotatable bonds is 7. The maximum absolute atomic E-state index is 12.6. The summed E-state index contributed by atoms with van der Waals surface area (Å²) in [5, 5.41) is 3.01. The molecule has 5 nitrogen and oxygen atoms in total. The molecule has 0 saturated carbocycles. The van der Waals surface area contributed by atoms with E-state index in [0.717, 1.165) is 31.2 Å². The van der Waals surface area contributed by atoms with E-state index < -0.39 is 10.0 Å². The molecule has 134 valence electrons. The Kier molecular flexibility index (Phi) is 6.80. The summed E-state index contributed by atoms with van der Waals surface area (Å²) in [6, 6.07) is 9.32. The summed E-state index contributed by atoms with van der Waals surface area (Å²) in [7, 11) is -3.39. The van der Waals surface area contributed by atoms with Gasteiger partial charge < -0.3 is 5.32 Å². The van der Waals surface area contributed by atoms with Gasteiger partial charge in [0.1, 0.15) is 0 Å². The third-order valence-electron chi connectivity index (χ3n) is 4.45. The van der Waals surface area contributed by atoms with Gasteiger partial charge in [-0.05, 0) is 31.7 Å². The van der Waals surface area contributed by atoms with Gasteiger partial charge in [-0.1, -0.05) is 43.7 Å². The SMILES string of the molecule is CCC[C@@H](C)NC(=O)[C@H]1CCCN(S(=O)(=O)Cc2ccccc2)C1. The fourth-order valence-corrected chi connectivity index (χ4v) is 4.76. The zero-order valence-corrected chi connectivity index (χ0v) is 15.4. The Labute approximate surface area is 145 Å². The summed E-state index contributed by atoms with van der Waals surface area (Å²) in [4.78, 5) is 12.4. The molecule has 0 unspecified atom stereocenters. The summed E-state index contributed by atoms with van der Waals surface area (Å²) in [6.07, 6.45) is 3.44. The Morgan fingerprint density at radius 2 is 2.04 bits per heavy atom. The number of carbonyl (C=O) groups is 1. The van der Waals surface area contributed by atoms with Crippen LogP contribution in [-0.4, -0.2) is 37.8 Å². The van der Waals surface area contributed by atoms with Gasteiger partial charge in [0.05, 0.1) is 11.7 Å². The number of nitrogens with zero attached hydrogens (tertiary/aromatic N) is 1. The summed E-state index contributed by atoms with van der Waals surface area (Å²) >= 11 is 0. The topological polar surface area (TPSA) is 66.5 Å². The van der Waals surface area contributed by atoms with Crippen LogP contribution in [0.5, 0.6) is 0 Å². The van der Waals surface area contributed by atoms with Crippen LogP contribution in [-0.2, 0) is 20.6 Å². The Morgan fingerprint density at radius 3 is 2.71 bits per heavy atom. The predicted octanol–water partition coefficient (Wildman–Crippen LogP) is 2.53. The summed E-state index contributed by atoms with van der Waals surface area (Å²) in [5.74, 6) is -0.270. The van der Waals surface area contributed by atoms with Crippen LogP contribution < -0.4 is 5.32 Å². The van der Waals surface area contributed by atoms with Gasteiger partial charge in [0.25, 0.3) is 0 Å². The van der Waals surface area contributed by atoms with E-state index in [4.69, 9.17) is 0 Å². The fraction of sp³-hybridized carbons (Fsp3) is 0.611. The van der Waals surface area contributed by atoms with Gasteiger partial charge >= 0.3 is 0 Å². The molecule has 1 N–H and O–H groups in total. The number of amides is 1. The van der Waals surface area contributed by atoms with Crippen molar-refractivity contribution < 1.29 is 13.2 Å². The van der Waals surface area contributed by atoms with Crippen molar-refractivity contribution in [3.8, 4) is 0 Å². The molecular weight excluding hydrogens is 324 g/mol. The Hall–Kier alpha value is -1.40. The van der Waals surface area contributed by atoms with Crippen molar-refractivity contribution in [2.24, 2.45) is 5.92 Å². The normalized spacial score (nSPS) is 20.5. The highest BCUT2D eigenvalue weighted by molar-refractivity contribution is 7.88. The predicted molar refractivity (Wildman–Crippen MR) is 95.9 cm³/mol. The van der Waals surface area contributed by atoms with E-state index >= 15 is 0 Å². The second-order valence-electron chi connectivity index (χ2n) is 6.64. The average molecular weight is 353 g/mol. The van der Waals surface area contributed by atoms with E-state index in [9.17, 15) is 13.2 Å². The highest BCUT2D eigenvalue weighted by Gasteiger charge is 2.32. The lowest BCUT2D eigenvalue weighted by molar-refractivity contribution is -0.126. The molecule has 0 bridgehead atoms. The standard InChI is InChI=1S/C18H28N2O3S/c1-3-8-15(2)19-18(21)17-11-7-12-20(13-17)24(22,23)14-16-9-5-4-6-10-16/h4-6,9-10,15,17H,3,7-8,11-14H2,1-2H3,(H,19,21)/t15-,17+/m1/s1. The number of nitrogens with one attached hydrogen (secondary N) is 1. The van der Waals surface area contributed by atoms with E-state index in [1.807, 2.05) is 37.3 Å². The molecule has 24 heavy (non-hydrogen) atoms. The van der Waals surface area contributed by atoms with Gasteiger partial charge in [-0.15, -0.1) is 0 Å². The molecule has 0 spiro atoms. The van der Waals surface area contributed by atoms with E-state index in [1.165, 1.54) is 4.31 Å². The van der Waals surface area contributed by atoms with Crippen molar-refractivity contribution in [3.63, 3.8) is 0 Å². The van der Waals surface area contributed by atoms with Crippen LogP contribution in [0.4, 0.5) is 0 Å². The number of carbonyl (C=O) groups excluding carboxylic acids is 1. The van der Waals surface area contributed by atoms with Crippen LogP contribution in [0.25, 0.3) is 0 Å². The Balaban J connectivity index is 1.98. The van der Waals surface area contributed by atoms with Crippen LogP contribution in [0.2, 0.25) is 0 Å². The maximum atomic E-state index is 12.6. The summed E-state index contributed by atoms with van der Waals surface area (Å²) < 4.78 is 26.8. The Morgan fingerprint density at radius 1 is 1.33 bits per heavy atom. The zero-order chi connectivity index (χ0) is 17.6. The molecule has 2 atom stereocenters. The first kappa shape index (κ1) is 18.9. The molecular formula is C18H28N2O3S. The smallest absolute Gasteiger partial charge is 0.224 e. The van der Waals surface area contributed by atoms with Crippen LogP contribution >= 0.6 is 0 Å². The van der Waals surface area contributed by atoms with Crippen LogP contribution in [0.3, 0.4) is 0 Å². The first-order valence-electron chi connectivity index (χ1n) is 8.74. The lowest BCUT2D eigenvalue weighted by Crippen LogP contribution is -2.47. The monoisotopic (exact) mass is 352 g/mol. The molecule has 6 heteroatoms. The van der Waals surface area contributed by atoms with Gasteiger partial charge in [-0.2, -0.15) is 0 Å². The molecule has 1 aliphatic rings. The van der Waals surface area contributed by atoms with E-state index in [0.29, 0.717) is 13.1 Å². The molecule has 1 aromatic rings. The lowest BCUT2D eigenvalue weighted by Gasteiger charge is -2.32. The van der Waals surface area contributed by atoms with Crippen LogP contribution in [0, 0.1) is 5.92 Å². The lowest BCUT2D eigenvalue weighted by atomic mass is 9.98. The largest absolute Gasteiger partial charge is 0.353 e. The molecule has 2 rings (SSSR count). The van der Waals surface area contributed by atoms with Crippen molar-refractivity contribution in [1.82, 2.24) is 9.62 Å². The minimum Gasteiger partial charge on any atom is -0.353 e. The summed E-state index contributed by atoms with van der Waals surface area (Å²) in [5.41, 5.74) is 0.778. The average Bonchev–Trinajstić information content (AvgIpc) is 2.55. The van der Waals surface area contributed by atoms with E-state index in [1.54, 1.807) is 0 Å². The van der Waals surface area contributed by atoms with Crippen molar-refractivity contribution in [1.29, 1.82) is 0 Å². The van der Waals surface area contributed by atoms with Crippen molar-refractivity contribution in [2.75, 3.05) is 13.1 Å².